The molecule has 0 saturated carbocycles. The van der Waals surface area contributed by atoms with E-state index in [2.05, 4.69) is 0 Å². The minimum absolute atomic E-state index is 0.314. The molecule has 1 atom stereocenters. The lowest BCUT2D eigenvalue weighted by atomic mass is 10.2. The Morgan fingerprint density at radius 1 is 1.55 bits per heavy atom. The van der Waals surface area contributed by atoms with E-state index in [4.69, 9.17) is 21.8 Å². The number of carbonyl (C=O) groups is 2. The van der Waals surface area contributed by atoms with Crippen molar-refractivity contribution in [2.45, 2.75) is 6.04 Å². The molecule has 0 aromatic carbocycles. The second-order valence-electron chi connectivity index (χ2n) is 1.78. The molecule has 0 bridgehead atoms. The van der Waals surface area contributed by atoms with Crippen molar-refractivity contribution in [1.82, 2.24) is 5.32 Å². The van der Waals surface area contributed by atoms with E-state index in [0.29, 0.717) is 0 Å². The fraction of sp³-hybridized carbons (Fsp3) is 0.600. The van der Waals surface area contributed by atoms with E-state index in [9.17, 15) is 9.59 Å². The van der Waals surface area contributed by atoms with E-state index >= 15 is 0 Å². The summed E-state index contributed by atoms with van der Waals surface area (Å²) in [7, 11) is 0. The Balaban J connectivity index is 3.94. The maximum Gasteiger partial charge on any atom is 0.405 e. The summed E-state index contributed by atoms with van der Waals surface area (Å²) in [6, 6.07) is -1.11. The summed E-state index contributed by atoms with van der Waals surface area (Å²) < 4.78 is 0. The van der Waals surface area contributed by atoms with Gasteiger partial charge in [0, 0.05) is 0 Å². The molecule has 0 aliphatic heterocycles. The van der Waals surface area contributed by atoms with Crippen LogP contribution < -0.4 is 5.32 Å². The van der Waals surface area contributed by atoms with Crippen LogP contribution in [-0.2, 0) is 4.79 Å². The third kappa shape index (κ3) is 3.79. The maximum atomic E-state index is 10.7. The molecule has 11 heavy (non-hydrogen) atoms. The van der Waals surface area contributed by atoms with Gasteiger partial charge < -0.3 is 15.5 Å². The standard InChI is InChI=1S/C5H8ClNO4/c6-1-4(9)3(2-8)7-5(10)11/h3,7-8H,1-2H2,(H,10,11). The maximum absolute atomic E-state index is 10.7. The number of aliphatic hydroxyl groups is 1. The lowest BCUT2D eigenvalue weighted by molar-refractivity contribution is -0.119. The quantitative estimate of drug-likeness (QED) is 0.507. The number of amides is 1. The molecule has 3 N–H and O–H groups in total. The third-order valence-electron chi connectivity index (χ3n) is 1.00. The molecule has 1 unspecified atom stereocenters. The van der Waals surface area contributed by atoms with Crippen molar-refractivity contribution >= 4 is 23.5 Å². The Labute approximate surface area is 68.0 Å². The Morgan fingerprint density at radius 2 is 2.09 bits per heavy atom. The Kier molecular flexibility index (Phi) is 4.56. The lowest BCUT2D eigenvalue weighted by Gasteiger charge is -2.09. The van der Waals surface area contributed by atoms with Gasteiger partial charge >= 0.3 is 6.09 Å². The van der Waals surface area contributed by atoms with Gasteiger partial charge in [0.1, 0.15) is 6.04 Å². The zero-order valence-corrected chi connectivity index (χ0v) is 6.34. The molecule has 0 rings (SSSR count). The second-order valence-corrected chi connectivity index (χ2v) is 2.05. The van der Waals surface area contributed by atoms with E-state index in [1.807, 2.05) is 5.32 Å². The number of carbonyl (C=O) groups excluding carboxylic acids is 1. The summed E-state index contributed by atoms with van der Waals surface area (Å²) in [6.45, 7) is -0.572. The first-order chi connectivity index (χ1) is 5.11. The fourth-order valence-corrected chi connectivity index (χ4v) is 0.656. The Hall–Kier alpha value is -0.810. The summed E-state index contributed by atoms with van der Waals surface area (Å²) in [5, 5.41) is 18.4. The van der Waals surface area contributed by atoms with Gasteiger partial charge in [0.15, 0.2) is 5.78 Å². The smallest absolute Gasteiger partial charge is 0.405 e. The van der Waals surface area contributed by atoms with Crippen molar-refractivity contribution in [3.8, 4) is 0 Å². The highest BCUT2D eigenvalue weighted by Gasteiger charge is 2.17. The minimum Gasteiger partial charge on any atom is -0.465 e. The number of halogens is 1. The van der Waals surface area contributed by atoms with Crippen molar-refractivity contribution in [1.29, 1.82) is 0 Å². The fourth-order valence-electron chi connectivity index (χ4n) is 0.470. The molecule has 64 valence electrons. The van der Waals surface area contributed by atoms with Gasteiger partial charge in [0.25, 0.3) is 0 Å². The molecule has 0 aromatic rings. The molecule has 0 spiro atoms. The molecule has 0 saturated heterocycles. The van der Waals surface area contributed by atoms with Crippen molar-refractivity contribution in [2.24, 2.45) is 0 Å². The van der Waals surface area contributed by atoms with Gasteiger partial charge in [-0.1, -0.05) is 0 Å². The second kappa shape index (κ2) is 4.92. The van der Waals surface area contributed by atoms with Gasteiger partial charge in [0.05, 0.1) is 12.5 Å². The molecule has 0 fully saturated rings. The van der Waals surface area contributed by atoms with Crippen molar-refractivity contribution < 1.29 is 19.8 Å². The average Bonchev–Trinajstić information content (AvgIpc) is 1.98. The van der Waals surface area contributed by atoms with Crippen LogP contribution in [0.25, 0.3) is 0 Å². The third-order valence-corrected chi connectivity index (χ3v) is 1.26. The predicted octanol–water partition coefficient (Wildman–Crippen LogP) is -0.577. The number of rotatable bonds is 4. The summed E-state index contributed by atoms with van der Waals surface area (Å²) in [5.74, 6) is -0.859. The van der Waals surface area contributed by atoms with E-state index in [1.165, 1.54) is 0 Å². The summed E-state index contributed by atoms with van der Waals surface area (Å²) in [4.78, 5) is 20.6. The Bertz CT molecular complexity index is 161. The number of hydrogen-bond acceptors (Lipinski definition) is 3. The van der Waals surface area contributed by atoms with Gasteiger partial charge in [0.2, 0.25) is 0 Å². The SMILES string of the molecule is O=C(O)NC(CO)C(=O)CCl. The molecule has 0 aromatic heterocycles. The van der Waals surface area contributed by atoms with Crippen molar-refractivity contribution in [2.75, 3.05) is 12.5 Å². The van der Waals surface area contributed by atoms with Gasteiger partial charge in [-0.05, 0) is 0 Å². The van der Waals surface area contributed by atoms with Crippen LogP contribution in [-0.4, -0.2) is 40.6 Å². The van der Waals surface area contributed by atoms with Crippen molar-refractivity contribution in [3.63, 3.8) is 0 Å². The van der Waals surface area contributed by atoms with E-state index < -0.39 is 24.5 Å². The number of ketones is 1. The van der Waals surface area contributed by atoms with Crippen LogP contribution >= 0.6 is 11.6 Å². The highest BCUT2D eigenvalue weighted by Crippen LogP contribution is 1.88. The van der Waals surface area contributed by atoms with Crippen LogP contribution in [0.5, 0.6) is 0 Å². The molecular weight excluding hydrogens is 174 g/mol. The monoisotopic (exact) mass is 181 g/mol. The number of Topliss-reactive ketones (excluding diaryl/α,β-unsaturated/α-hetero) is 1. The van der Waals surface area contributed by atoms with Gasteiger partial charge in [-0.25, -0.2) is 4.79 Å². The molecule has 1 amide bonds. The number of alkyl halides is 1. The summed E-state index contributed by atoms with van der Waals surface area (Å²) >= 11 is 5.12. The lowest BCUT2D eigenvalue weighted by Crippen LogP contribution is -2.43. The molecule has 0 aliphatic rings. The number of hydrogen-bond donors (Lipinski definition) is 3. The van der Waals surface area contributed by atoms with E-state index in [-0.39, 0.29) is 5.88 Å². The number of carboxylic acid groups (broad SMARTS) is 1. The molecule has 0 aliphatic carbocycles. The zero-order valence-electron chi connectivity index (χ0n) is 5.58. The minimum atomic E-state index is -1.36. The van der Waals surface area contributed by atoms with Gasteiger partial charge in [-0.15, -0.1) is 11.6 Å². The van der Waals surface area contributed by atoms with Crippen LogP contribution in [0.3, 0.4) is 0 Å². The highest BCUT2D eigenvalue weighted by atomic mass is 35.5. The molecule has 0 heterocycles. The molecule has 6 heteroatoms. The predicted molar refractivity (Wildman–Crippen MR) is 37.8 cm³/mol. The van der Waals surface area contributed by atoms with Crippen LogP contribution in [0.4, 0.5) is 4.79 Å². The highest BCUT2D eigenvalue weighted by molar-refractivity contribution is 6.28. The van der Waals surface area contributed by atoms with Crippen LogP contribution in [0.2, 0.25) is 0 Å². The molecule has 5 nitrogen and oxygen atoms in total. The van der Waals surface area contributed by atoms with Crippen LogP contribution in [0.15, 0.2) is 0 Å². The number of aliphatic hydroxyl groups excluding tert-OH is 1. The van der Waals surface area contributed by atoms with Crippen LogP contribution in [0.1, 0.15) is 0 Å². The number of nitrogens with one attached hydrogen (secondary N) is 1. The normalized spacial score (nSPS) is 12.2. The first-order valence-electron chi connectivity index (χ1n) is 2.80. The Morgan fingerprint density at radius 3 is 2.36 bits per heavy atom. The molecular formula is C5H8ClNO4. The summed E-state index contributed by atoms with van der Waals surface area (Å²) in [6.07, 6.45) is -1.36. The molecule has 0 radical (unpaired) electrons. The zero-order chi connectivity index (χ0) is 8.85. The first kappa shape index (κ1) is 10.2. The largest absolute Gasteiger partial charge is 0.465 e. The van der Waals surface area contributed by atoms with Gasteiger partial charge in [-0.2, -0.15) is 0 Å². The average molecular weight is 182 g/mol. The summed E-state index contributed by atoms with van der Waals surface area (Å²) in [5.41, 5.74) is 0. The van der Waals surface area contributed by atoms with Crippen LogP contribution in [0, 0.1) is 0 Å². The van der Waals surface area contributed by atoms with Gasteiger partial charge in [-0.3, -0.25) is 4.79 Å². The van der Waals surface area contributed by atoms with E-state index in [0.717, 1.165) is 0 Å². The van der Waals surface area contributed by atoms with E-state index in [1.54, 1.807) is 0 Å². The topological polar surface area (TPSA) is 86.6 Å². The van der Waals surface area contributed by atoms with Crippen molar-refractivity contribution in [3.05, 3.63) is 0 Å². The first-order valence-corrected chi connectivity index (χ1v) is 3.34.